The van der Waals surface area contributed by atoms with Crippen LogP contribution in [0.25, 0.3) is 0 Å². The Morgan fingerprint density at radius 1 is 1.09 bits per heavy atom. The van der Waals surface area contributed by atoms with Crippen LogP contribution in [0.3, 0.4) is 0 Å². The van der Waals surface area contributed by atoms with Crippen LogP contribution in [0.5, 0.6) is 0 Å². The topological polar surface area (TPSA) is 0 Å². The molecule has 0 radical (unpaired) electrons. The number of allylic oxidation sites excluding steroid dienone is 8. The molecule has 0 unspecified atom stereocenters. The van der Waals surface area contributed by atoms with Crippen LogP contribution < -0.4 is 0 Å². The molecule has 0 N–H and O–H groups in total. The van der Waals surface area contributed by atoms with Crippen LogP contribution in [0, 0.1) is 5.41 Å². The van der Waals surface area contributed by atoms with Crippen LogP contribution in [0.4, 0.5) is 0 Å². The van der Waals surface area contributed by atoms with E-state index < -0.39 is 21.9 Å². The van der Waals surface area contributed by atoms with Crippen molar-refractivity contribution in [3.63, 3.8) is 0 Å². The van der Waals surface area contributed by atoms with Gasteiger partial charge >= 0.3 is 149 Å². The van der Waals surface area contributed by atoms with E-state index in [1.165, 1.54) is 25.7 Å². The van der Waals surface area contributed by atoms with Crippen LogP contribution in [-0.4, -0.2) is 5.43 Å². The first-order chi connectivity index (χ1) is 10.6. The van der Waals surface area contributed by atoms with E-state index in [1.807, 2.05) is 8.85 Å². The summed E-state index contributed by atoms with van der Waals surface area (Å²) in [6, 6.07) is 0. The molecule has 0 aromatic carbocycles. The molecule has 0 aromatic rings. The van der Waals surface area contributed by atoms with Gasteiger partial charge in [0.15, 0.2) is 0 Å². The zero-order valence-electron chi connectivity index (χ0n) is 15.3. The molecule has 0 heterocycles. The average molecular weight is 391 g/mol. The van der Waals surface area contributed by atoms with Gasteiger partial charge in [-0.3, -0.25) is 0 Å². The normalized spacial score (nSPS) is 19.8. The summed E-state index contributed by atoms with van der Waals surface area (Å²) >= 11 is -0.420. The summed E-state index contributed by atoms with van der Waals surface area (Å²) in [7, 11) is 0. The molecule has 0 bridgehead atoms. The molecule has 2 heteroatoms. The van der Waals surface area contributed by atoms with Gasteiger partial charge in [0.2, 0.25) is 0 Å². The maximum absolute atomic E-state index is 2.55. The second-order valence-corrected chi connectivity index (χ2v) is 19.3. The van der Waals surface area contributed by atoms with Gasteiger partial charge in [-0.25, -0.2) is 0 Å². The van der Waals surface area contributed by atoms with Crippen molar-refractivity contribution < 1.29 is 21.9 Å². The summed E-state index contributed by atoms with van der Waals surface area (Å²) in [4.78, 5) is 0. The first kappa shape index (κ1) is 18.4. The van der Waals surface area contributed by atoms with Crippen molar-refractivity contribution in [1.29, 1.82) is 0 Å². The van der Waals surface area contributed by atoms with E-state index in [-0.39, 0.29) is 5.43 Å². The van der Waals surface area contributed by atoms with Crippen molar-refractivity contribution >= 4 is 5.43 Å². The predicted octanol–water partition coefficient (Wildman–Crippen LogP) is 6.40. The Hall–Kier alpha value is 0.0600. The van der Waals surface area contributed by atoms with Crippen LogP contribution in [0.1, 0.15) is 59.8 Å². The molecule has 119 valence electrons. The van der Waals surface area contributed by atoms with Gasteiger partial charge in [-0.15, -0.1) is 0 Å². The van der Waals surface area contributed by atoms with Gasteiger partial charge < -0.3 is 0 Å². The summed E-state index contributed by atoms with van der Waals surface area (Å²) in [5, 5.41) is 0. The average Bonchev–Trinajstić information content (AvgIpc) is 3.10. The fourth-order valence-electron chi connectivity index (χ4n) is 4.37. The third-order valence-electron chi connectivity index (χ3n) is 5.35. The van der Waals surface area contributed by atoms with E-state index >= 15 is 0 Å². The predicted molar refractivity (Wildman–Crippen MR) is 97.0 cm³/mol. The standard InChI is InChI=1S/C18H25.C2H6Si.Zr/c1-5-15-16(14-11-9-10-12-14)13-18(7-3,8-4)17(15)6-2;1-3-2;/h9-11H,5-8,12H2,1-4H3;1-2H3;. The van der Waals surface area contributed by atoms with Crippen molar-refractivity contribution in [2.24, 2.45) is 5.41 Å². The van der Waals surface area contributed by atoms with E-state index in [0.29, 0.717) is 5.41 Å². The van der Waals surface area contributed by atoms with Crippen molar-refractivity contribution in [3.8, 4) is 0 Å². The monoisotopic (exact) mass is 389 g/mol. The summed E-state index contributed by atoms with van der Waals surface area (Å²) in [6.07, 6.45) is 13.3. The van der Waals surface area contributed by atoms with Crippen LogP contribution in [0.2, 0.25) is 13.1 Å². The van der Waals surface area contributed by atoms with Gasteiger partial charge in [0, 0.05) is 0 Å². The molecule has 0 atom stereocenters. The minimum atomic E-state index is -0.420. The van der Waals surface area contributed by atoms with E-state index in [0.717, 1.165) is 6.42 Å². The van der Waals surface area contributed by atoms with E-state index in [4.69, 9.17) is 0 Å². The molecule has 0 spiro atoms. The molecule has 0 nitrogen and oxygen atoms in total. The number of rotatable bonds is 6. The zero-order chi connectivity index (χ0) is 16.3. The van der Waals surface area contributed by atoms with Crippen LogP contribution in [-0.2, 0) is 21.9 Å². The molecule has 0 aliphatic heterocycles. The Bertz CT molecular complexity index is 591. The first-order valence-corrected chi connectivity index (χ1v) is 16.4. The molecule has 0 saturated heterocycles. The van der Waals surface area contributed by atoms with Crippen LogP contribution >= 0.6 is 0 Å². The van der Waals surface area contributed by atoms with Gasteiger partial charge in [0.05, 0.1) is 0 Å². The van der Waals surface area contributed by atoms with E-state index in [1.54, 1.807) is 16.7 Å². The van der Waals surface area contributed by atoms with E-state index in [2.05, 4.69) is 59.0 Å². The van der Waals surface area contributed by atoms with Gasteiger partial charge in [-0.2, -0.15) is 0 Å². The molecule has 2 rings (SSSR count). The fraction of sp³-hybridized carbons (Fsp3) is 0.600. The van der Waals surface area contributed by atoms with E-state index in [9.17, 15) is 0 Å². The van der Waals surface area contributed by atoms with Gasteiger partial charge in [-0.1, -0.05) is 0 Å². The Kier molecular flexibility index (Phi) is 6.48. The molecule has 0 aromatic heterocycles. The first-order valence-electron chi connectivity index (χ1n) is 8.96. The summed E-state index contributed by atoms with van der Waals surface area (Å²) < 4.78 is 1.98. The maximum atomic E-state index is 2.55. The minimum absolute atomic E-state index is 0.0933. The van der Waals surface area contributed by atoms with Gasteiger partial charge in [0.25, 0.3) is 0 Å². The molecular weight excluding hydrogens is 360 g/mol. The second-order valence-electron chi connectivity index (χ2n) is 6.65. The Morgan fingerprint density at radius 2 is 1.77 bits per heavy atom. The molecule has 0 fully saturated rings. The van der Waals surface area contributed by atoms with Gasteiger partial charge in [0.1, 0.15) is 0 Å². The van der Waals surface area contributed by atoms with Gasteiger partial charge in [-0.05, 0) is 0 Å². The van der Waals surface area contributed by atoms with Crippen molar-refractivity contribution in [3.05, 3.63) is 43.8 Å². The fourth-order valence-corrected chi connectivity index (χ4v) is 13.6. The quantitative estimate of drug-likeness (QED) is 0.460. The Morgan fingerprint density at radius 3 is 2.18 bits per heavy atom. The molecule has 0 amide bonds. The Labute approximate surface area is 148 Å². The van der Waals surface area contributed by atoms with Crippen LogP contribution in [0.15, 0.2) is 43.8 Å². The Balaban J connectivity index is 2.76. The number of hydrogen-bond acceptors (Lipinski definition) is 0. The third kappa shape index (κ3) is 3.03. The molecular formula is C20H31SiZr. The SMILES string of the molecule is CCC1=C(CC)C(CC)(CC)[C]([Zr]=[Si](C)C)=C1C1=CC=CC1. The zero-order valence-corrected chi connectivity index (χ0v) is 18.7. The molecule has 0 saturated carbocycles. The van der Waals surface area contributed by atoms with Crippen molar-refractivity contribution in [1.82, 2.24) is 0 Å². The summed E-state index contributed by atoms with van der Waals surface area (Å²) in [5.74, 6) is 0. The molecule has 22 heavy (non-hydrogen) atoms. The van der Waals surface area contributed by atoms with Crippen molar-refractivity contribution in [2.45, 2.75) is 72.9 Å². The molecule has 2 aliphatic rings. The van der Waals surface area contributed by atoms with Crippen molar-refractivity contribution in [2.75, 3.05) is 0 Å². The molecule has 2 aliphatic carbocycles. The number of hydrogen-bond donors (Lipinski definition) is 0. The second kappa shape index (κ2) is 7.75. The summed E-state index contributed by atoms with van der Waals surface area (Å²) in [5.41, 5.74) is 7.27. The third-order valence-corrected chi connectivity index (χ3v) is 13.4. The summed E-state index contributed by atoms with van der Waals surface area (Å²) in [6.45, 7) is 14.7.